The lowest BCUT2D eigenvalue weighted by Crippen LogP contribution is -2.50. The van der Waals surface area contributed by atoms with E-state index in [1.54, 1.807) is 12.3 Å². The van der Waals surface area contributed by atoms with E-state index in [2.05, 4.69) is 33.2 Å². The standard InChI is InChI=1S/C29H30FN7O2/c1-16(2)24-26(17(3)8-9-33-24)37-28-22(27(35-29(37)38)36-11-10-32-15-18(36)4)12-19(14-31)25(34-28)21-7-6-20(30)13-23(21)39-5/h6-9,12-13,16,18,32H,10-11,15H2,1-5H3. The number of pyridine rings is 2. The molecule has 39 heavy (non-hydrogen) atoms. The molecule has 0 amide bonds. The fourth-order valence-corrected chi connectivity index (χ4v) is 5.14. The van der Waals surface area contributed by atoms with Gasteiger partial charge in [-0.1, -0.05) is 13.8 Å². The highest BCUT2D eigenvalue weighted by molar-refractivity contribution is 5.92. The van der Waals surface area contributed by atoms with E-state index in [4.69, 9.17) is 9.72 Å². The molecular weight excluding hydrogens is 497 g/mol. The average molecular weight is 528 g/mol. The highest BCUT2D eigenvalue weighted by atomic mass is 19.1. The number of aryl methyl sites for hydroxylation is 1. The number of hydrogen-bond acceptors (Lipinski definition) is 8. The van der Waals surface area contributed by atoms with Crippen molar-refractivity contribution in [1.82, 2.24) is 24.8 Å². The second kappa shape index (κ2) is 10.4. The number of hydrogen-bond donors (Lipinski definition) is 1. The van der Waals surface area contributed by atoms with Crippen LogP contribution in [0.15, 0.2) is 41.3 Å². The summed E-state index contributed by atoms with van der Waals surface area (Å²) in [6.07, 6.45) is 1.72. The fraction of sp³-hybridized carbons (Fsp3) is 0.345. The number of fused-ring (bicyclic) bond motifs is 1. The topological polar surface area (TPSA) is 109 Å². The number of ether oxygens (including phenoxy) is 1. The van der Waals surface area contributed by atoms with Gasteiger partial charge in [0.2, 0.25) is 0 Å². The van der Waals surface area contributed by atoms with Crippen LogP contribution in [0.25, 0.3) is 28.0 Å². The van der Waals surface area contributed by atoms with E-state index in [1.165, 1.54) is 29.9 Å². The normalized spacial score (nSPS) is 15.5. The Labute approximate surface area is 225 Å². The molecule has 200 valence electrons. The molecular formula is C29H30FN7O2. The van der Waals surface area contributed by atoms with Crippen molar-refractivity contribution in [2.75, 3.05) is 31.6 Å². The number of nitrogens with zero attached hydrogens (tertiary/aromatic N) is 6. The molecule has 0 bridgehead atoms. The first-order valence-corrected chi connectivity index (χ1v) is 12.9. The Bertz CT molecular complexity index is 1680. The third kappa shape index (κ3) is 4.59. The molecule has 0 radical (unpaired) electrons. The van der Waals surface area contributed by atoms with Crippen LogP contribution in [0.1, 0.15) is 43.5 Å². The van der Waals surface area contributed by atoms with E-state index in [-0.39, 0.29) is 29.0 Å². The molecule has 9 nitrogen and oxygen atoms in total. The third-order valence-electron chi connectivity index (χ3n) is 7.09. The Morgan fingerprint density at radius 3 is 2.72 bits per heavy atom. The monoisotopic (exact) mass is 527 g/mol. The molecule has 0 spiro atoms. The molecule has 1 atom stereocenters. The number of piperazine rings is 1. The van der Waals surface area contributed by atoms with Crippen molar-refractivity contribution in [1.29, 1.82) is 5.26 Å². The zero-order chi connectivity index (χ0) is 27.8. The lowest BCUT2D eigenvalue weighted by atomic mass is 10.0. The number of methoxy groups -OCH3 is 1. The molecule has 10 heteroatoms. The summed E-state index contributed by atoms with van der Waals surface area (Å²) in [4.78, 5) is 30.1. The number of nitrogens with one attached hydrogen (secondary N) is 1. The van der Waals surface area contributed by atoms with Crippen LogP contribution in [-0.2, 0) is 0 Å². The number of nitriles is 1. The first kappa shape index (κ1) is 26.3. The van der Waals surface area contributed by atoms with E-state index in [9.17, 15) is 14.4 Å². The van der Waals surface area contributed by atoms with Gasteiger partial charge in [-0.3, -0.25) is 4.98 Å². The van der Waals surface area contributed by atoms with Crippen LogP contribution < -0.4 is 20.6 Å². The Morgan fingerprint density at radius 1 is 1.23 bits per heavy atom. The second-order valence-corrected chi connectivity index (χ2v) is 10.0. The number of rotatable bonds is 5. The molecule has 1 aromatic carbocycles. The lowest BCUT2D eigenvalue weighted by Gasteiger charge is -2.35. The summed E-state index contributed by atoms with van der Waals surface area (Å²) in [5, 5.41) is 14.1. The van der Waals surface area contributed by atoms with Gasteiger partial charge in [-0.25, -0.2) is 18.7 Å². The minimum atomic E-state index is -0.490. The maximum atomic E-state index is 14.0. The summed E-state index contributed by atoms with van der Waals surface area (Å²) in [5.74, 6) is 0.260. The summed E-state index contributed by atoms with van der Waals surface area (Å²) in [7, 11) is 1.43. The number of halogens is 1. The van der Waals surface area contributed by atoms with Crippen molar-refractivity contribution in [2.45, 2.75) is 39.7 Å². The largest absolute Gasteiger partial charge is 0.496 e. The van der Waals surface area contributed by atoms with Crippen LogP contribution in [0.4, 0.5) is 10.2 Å². The molecule has 1 fully saturated rings. The van der Waals surface area contributed by atoms with E-state index in [1.807, 2.05) is 26.8 Å². The highest BCUT2D eigenvalue weighted by Gasteiger charge is 2.27. The summed E-state index contributed by atoms with van der Waals surface area (Å²) >= 11 is 0. The minimum absolute atomic E-state index is 0.0183. The third-order valence-corrected chi connectivity index (χ3v) is 7.09. The maximum absolute atomic E-state index is 14.0. The molecule has 4 heterocycles. The van der Waals surface area contributed by atoms with Crippen molar-refractivity contribution >= 4 is 16.9 Å². The molecule has 1 unspecified atom stereocenters. The molecule has 5 rings (SSSR count). The zero-order valence-corrected chi connectivity index (χ0v) is 22.6. The molecule has 3 aromatic heterocycles. The molecule has 1 aliphatic rings. The van der Waals surface area contributed by atoms with Crippen LogP contribution in [0.5, 0.6) is 5.75 Å². The van der Waals surface area contributed by atoms with Gasteiger partial charge >= 0.3 is 5.69 Å². The Balaban J connectivity index is 1.93. The van der Waals surface area contributed by atoms with Crippen molar-refractivity contribution < 1.29 is 9.13 Å². The van der Waals surface area contributed by atoms with Gasteiger partial charge in [-0.05, 0) is 49.6 Å². The first-order valence-electron chi connectivity index (χ1n) is 12.9. The van der Waals surface area contributed by atoms with Crippen LogP contribution in [0, 0.1) is 24.1 Å². The maximum Gasteiger partial charge on any atom is 0.355 e. The average Bonchev–Trinajstić information content (AvgIpc) is 2.92. The van der Waals surface area contributed by atoms with Gasteiger partial charge in [0, 0.05) is 43.5 Å². The SMILES string of the molecule is COc1cc(F)ccc1-c1nc2c(cc1C#N)c(N1CCNCC1C)nc(=O)n2-c1c(C)ccnc1C(C)C. The van der Waals surface area contributed by atoms with Crippen LogP contribution >= 0.6 is 0 Å². The van der Waals surface area contributed by atoms with Gasteiger partial charge < -0.3 is 15.0 Å². The highest BCUT2D eigenvalue weighted by Crippen LogP contribution is 2.36. The fourth-order valence-electron chi connectivity index (χ4n) is 5.14. The van der Waals surface area contributed by atoms with Gasteiger partial charge in [-0.15, -0.1) is 0 Å². The molecule has 0 aliphatic carbocycles. The Kier molecular flexibility index (Phi) is 7.02. The molecule has 1 saturated heterocycles. The van der Waals surface area contributed by atoms with Crippen molar-refractivity contribution in [2.24, 2.45) is 0 Å². The molecule has 0 saturated carbocycles. The van der Waals surface area contributed by atoms with E-state index in [0.29, 0.717) is 34.6 Å². The molecule has 1 aliphatic heterocycles. The van der Waals surface area contributed by atoms with Crippen molar-refractivity contribution in [3.63, 3.8) is 0 Å². The smallest absolute Gasteiger partial charge is 0.355 e. The van der Waals surface area contributed by atoms with Gasteiger partial charge in [-0.2, -0.15) is 10.2 Å². The molecule has 4 aromatic rings. The number of benzene rings is 1. The van der Waals surface area contributed by atoms with Crippen molar-refractivity contribution in [3.8, 4) is 28.8 Å². The Hall–Kier alpha value is -4.36. The van der Waals surface area contributed by atoms with Crippen LogP contribution in [0.3, 0.4) is 0 Å². The van der Waals surface area contributed by atoms with Gasteiger partial charge in [0.15, 0.2) is 5.65 Å². The van der Waals surface area contributed by atoms with Crippen LogP contribution in [-0.4, -0.2) is 52.3 Å². The van der Waals surface area contributed by atoms with Crippen LogP contribution in [0.2, 0.25) is 0 Å². The summed E-state index contributed by atoms with van der Waals surface area (Å²) in [5.41, 5.74) is 3.03. The first-order chi connectivity index (χ1) is 18.7. The lowest BCUT2D eigenvalue weighted by molar-refractivity contribution is 0.413. The summed E-state index contributed by atoms with van der Waals surface area (Å²) in [6, 6.07) is 9.94. The predicted molar refractivity (Wildman–Crippen MR) is 148 cm³/mol. The Morgan fingerprint density at radius 2 is 2.03 bits per heavy atom. The van der Waals surface area contributed by atoms with Gasteiger partial charge in [0.05, 0.1) is 35.1 Å². The summed E-state index contributed by atoms with van der Waals surface area (Å²) in [6.45, 7) is 10.1. The van der Waals surface area contributed by atoms with Crippen molar-refractivity contribution in [3.05, 3.63) is 69.7 Å². The minimum Gasteiger partial charge on any atom is -0.496 e. The van der Waals surface area contributed by atoms with Gasteiger partial charge in [0.25, 0.3) is 0 Å². The van der Waals surface area contributed by atoms with E-state index < -0.39 is 11.5 Å². The van der Waals surface area contributed by atoms with Gasteiger partial charge in [0.1, 0.15) is 23.5 Å². The van der Waals surface area contributed by atoms with E-state index in [0.717, 1.165) is 24.3 Å². The van der Waals surface area contributed by atoms with E-state index >= 15 is 0 Å². The quantitative estimate of drug-likeness (QED) is 0.413. The number of aromatic nitrogens is 4. The summed E-state index contributed by atoms with van der Waals surface area (Å²) < 4.78 is 21.0. The second-order valence-electron chi connectivity index (χ2n) is 10.0. The predicted octanol–water partition coefficient (Wildman–Crippen LogP) is 4.09. The zero-order valence-electron chi connectivity index (χ0n) is 22.6. The molecule has 1 N–H and O–H groups in total. The number of anilines is 1.